The zero-order valence-electron chi connectivity index (χ0n) is 10.2. The SMILES string of the molecule is Nc1cccc(Nc2ncnc3c2CCCC3)c1. The first-order valence-electron chi connectivity index (χ1n) is 6.28. The Bertz CT molecular complexity index is 565. The summed E-state index contributed by atoms with van der Waals surface area (Å²) in [6.07, 6.45) is 6.19. The first-order chi connectivity index (χ1) is 8.83. The molecule has 0 fully saturated rings. The number of hydrogen-bond donors (Lipinski definition) is 2. The molecule has 0 radical (unpaired) electrons. The Morgan fingerprint density at radius 1 is 1.11 bits per heavy atom. The molecule has 0 saturated heterocycles. The maximum absolute atomic E-state index is 5.78. The lowest BCUT2D eigenvalue weighted by molar-refractivity contribution is 0.664. The van der Waals surface area contributed by atoms with Crippen molar-refractivity contribution in [1.29, 1.82) is 0 Å². The molecule has 0 unspecified atom stereocenters. The summed E-state index contributed by atoms with van der Waals surface area (Å²) in [5.41, 5.74) is 9.94. The van der Waals surface area contributed by atoms with Gasteiger partial charge >= 0.3 is 0 Å². The average molecular weight is 240 g/mol. The fourth-order valence-corrected chi connectivity index (χ4v) is 2.38. The number of benzene rings is 1. The Labute approximate surface area is 106 Å². The summed E-state index contributed by atoms with van der Waals surface area (Å²) in [7, 11) is 0. The van der Waals surface area contributed by atoms with Crippen molar-refractivity contribution in [3.05, 3.63) is 41.9 Å². The molecule has 3 N–H and O–H groups in total. The average Bonchev–Trinajstić information content (AvgIpc) is 2.39. The summed E-state index contributed by atoms with van der Waals surface area (Å²) in [6.45, 7) is 0. The minimum absolute atomic E-state index is 0.753. The summed E-state index contributed by atoms with van der Waals surface area (Å²) < 4.78 is 0. The molecule has 1 aliphatic rings. The predicted octanol–water partition coefficient (Wildman–Crippen LogP) is 2.68. The lowest BCUT2D eigenvalue weighted by Crippen LogP contribution is -2.10. The molecular weight excluding hydrogens is 224 g/mol. The van der Waals surface area contributed by atoms with Gasteiger partial charge in [0.25, 0.3) is 0 Å². The lowest BCUT2D eigenvalue weighted by atomic mass is 9.96. The highest BCUT2D eigenvalue weighted by atomic mass is 15.0. The summed E-state index contributed by atoms with van der Waals surface area (Å²) in [5.74, 6) is 0.922. The highest BCUT2D eigenvalue weighted by Crippen LogP contribution is 2.27. The number of aryl methyl sites for hydroxylation is 1. The molecule has 0 bridgehead atoms. The van der Waals surface area contributed by atoms with Gasteiger partial charge in [0.2, 0.25) is 0 Å². The molecule has 0 amide bonds. The fourth-order valence-electron chi connectivity index (χ4n) is 2.38. The van der Waals surface area contributed by atoms with Crippen molar-refractivity contribution in [2.24, 2.45) is 0 Å². The molecule has 4 heteroatoms. The van der Waals surface area contributed by atoms with Gasteiger partial charge in [-0.1, -0.05) is 6.07 Å². The maximum Gasteiger partial charge on any atom is 0.137 e. The highest BCUT2D eigenvalue weighted by molar-refractivity contribution is 5.63. The zero-order valence-corrected chi connectivity index (χ0v) is 10.2. The third kappa shape index (κ3) is 2.14. The van der Waals surface area contributed by atoms with E-state index in [2.05, 4.69) is 15.3 Å². The van der Waals surface area contributed by atoms with Crippen LogP contribution in [-0.2, 0) is 12.8 Å². The smallest absolute Gasteiger partial charge is 0.137 e. The van der Waals surface area contributed by atoms with Gasteiger partial charge in [0.1, 0.15) is 12.1 Å². The normalized spacial score (nSPS) is 14.0. The molecule has 1 aliphatic carbocycles. The van der Waals surface area contributed by atoms with Crippen molar-refractivity contribution in [2.75, 3.05) is 11.1 Å². The largest absolute Gasteiger partial charge is 0.399 e. The standard InChI is InChI=1S/C14H16N4/c15-10-4-3-5-11(8-10)18-14-12-6-1-2-7-13(12)16-9-17-14/h3-5,8-9H,1-2,6-7,15H2,(H,16,17,18). The molecule has 92 valence electrons. The van der Waals surface area contributed by atoms with E-state index < -0.39 is 0 Å². The van der Waals surface area contributed by atoms with Gasteiger partial charge in [-0.2, -0.15) is 0 Å². The Balaban J connectivity index is 1.93. The van der Waals surface area contributed by atoms with E-state index in [0.29, 0.717) is 0 Å². The summed E-state index contributed by atoms with van der Waals surface area (Å²) in [4.78, 5) is 8.72. The molecule has 1 heterocycles. The third-order valence-corrected chi connectivity index (χ3v) is 3.27. The molecule has 1 aromatic carbocycles. The van der Waals surface area contributed by atoms with Crippen LogP contribution in [0, 0.1) is 0 Å². The van der Waals surface area contributed by atoms with E-state index in [1.165, 1.54) is 24.1 Å². The minimum atomic E-state index is 0.753. The number of hydrogen-bond acceptors (Lipinski definition) is 4. The number of fused-ring (bicyclic) bond motifs is 1. The van der Waals surface area contributed by atoms with Crippen LogP contribution in [0.2, 0.25) is 0 Å². The second-order valence-corrected chi connectivity index (χ2v) is 4.61. The van der Waals surface area contributed by atoms with Crippen LogP contribution in [0.4, 0.5) is 17.2 Å². The molecule has 0 saturated carbocycles. The van der Waals surface area contributed by atoms with Crippen LogP contribution in [0.5, 0.6) is 0 Å². The van der Waals surface area contributed by atoms with Crippen molar-refractivity contribution in [3.63, 3.8) is 0 Å². The van der Waals surface area contributed by atoms with Crippen molar-refractivity contribution >= 4 is 17.2 Å². The Morgan fingerprint density at radius 3 is 2.89 bits per heavy atom. The van der Waals surface area contributed by atoms with E-state index in [9.17, 15) is 0 Å². The van der Waals surface area contributed by atoms with Gasteiger partial charge in [-0.25, -0.2) is 9.97 Å². The number of aromatic nitrogens is 2. The van der Waals surface area contributed by atoms with E-state index >= 15 is 0 Å². The second kappa shape index (κ2) is 4.64. The van der Waals surface area contributed by atoms with Crippen LogP contribution in [0.3, 0.4) is 0 Å². The first-order valence-corrected chi connectivity index (χ1v) is 6.28. The van der Waals surface area contributed by atoms with Crippen molar-refractivity contribution in [3.8, 4) is 0 Å². The number of anilines is 3. The van der Waals surface area contributed by atoms with Crippen molar-refractivity contribution < 1.29 is 0 Å². The van der Waals surface area contributed by atoms with Gasteiger partial charge in [0.15, 0.2) is 0 Å². The fraction of sp³-hybridized carbons (Fsp3) is 0.286. The lowest BCUT2D eigenvalue weighted by Gasteiger charge is -2.18. The predicted molar refractivity (Wildman–Crippen MR) is 72.8 cm³/mol. The molecule has 3 rings (SSSR count). The van der Waals surface area contributed by atoms with E-state index in [1.54, 1.807) is 6.33 Å². The molecule has 2 aromatic rings. The van der Waals surface area contributed by atoms with Gasteiger partial charge in [-0.15, -0.1) is 0 Å². The molecule has 0 atom stereocenters. The van der Waals surface area contributed by atoms with Gasteiger partial charge < -0.3 is 11.1 Å². The van der Waals surface area contributed by atoms with Crippen LogP contribution in [0.25, 0.3) is 0 Å². The van der Waals surface area contributed by atoms with Gasteiger partial charge in [0.05, 0.1) is 0 Å². The number of nitrogens with zero attached hydrogens (tertiary/aromatic N) is 2. The summed E-state index contributed by atoms with van der Waals surface area (Å²) in [6, 6.07) is 7.72. The van der Waals surface area contributed by atoms with Crippen molar-refractivity contribution in [1.82, 2.24) is 9.97 Å². The second-order valence-electron chi connectivity index (χ2n) is 4.61. The monoisotopic (exact) mass is 240 g/mol. The minimum Gasteiger partial charge on any atom is -0.399 e. The topological polar surface area (TPSA) is 63.8 Å². The van der Waals surface area contributed by atoms with E-state index in [1.807, 2.05) is 24.3 Å². The molecule has 0 aliphatic heterocycles. The number of rotatable bonds is 2. The quantitative estimate of drug-likeness (QED) is 0.792. The Hall–Kier alpha value is -2.10. The summed E-state index contributed by atoms with van der Waals surface area (Å²) in [5, 5.41) is 3.34. The summed E-state index contributed by atoms with van der Waals surface area (Å²) >= 11 is 0. The van der Waals surface area contributed by atoms with Gasteiger partial charge in [-0.3, -0.25) is 0 Å². The van der Waals surface area contributed by atoms with E-state index in [-0.39, 0.29) is 0 Å². The van der Waals surface area contributed by atoms with Gasteiger partial charge in [0, 0.05) is 22.6 Å². The van der Waals surface area contributed by atoms with Crippen molar-refractivity contribution in [2.45, 2.75) is 25.7 Å². The van der Waals surface area contributed by atoms with E-state index in [0.717, 1.165) is 30.0 Å². The maximum atomic E-state index is 5.78. The number of nitrogens with two attached hydrogens (primary N) is 1. The first kappa shape index (κ1) is 11.0. The number of nitrogens with one attached hydrogen (secondary N) is 1. The Kier molecular flexibility index (Phi) is 2.84. The van der Waals surface area contributed by atoms with Crippen LogP contribution in [0.15, 0.2) is 30.6 Å². The zero-order chi connectivity index (χ0) is 12.4. The molecule has 18 heavy (non-hydrogen) atoms. The number of nitrogen functional groups attached to an aromatic ring is 1. The van der Waals surface area contributed by atoms with Gasteiger partial charge in [-0.05, 0) is 43.9 Å². The third-order valence-electron chi connectivity index (χ3n) is 3.27. The molecule has 0 spiro atoms. The van der Waals surface area contributed by atoms with Crippen LogP contribution >= 0.6 is 0 Å². The highest BCUT2D eigenvalue weighted by Gasteiger charge is 2.15. The molecule has 4 nitrogen and oxygen atoms in total. The van der Waals surface area contributed by atoms with Crippen LogP contribution < -0.4 is 11.1 Å². The molecule has 1 aromatic heterocycles. The Morgan fingerprint density at radius 2 is 2.00 bits per heavy atom. The molecular formula is C14H16N4. The van der Waals surface area contributed by atoms with Crippen LogP contribution in [-0.4, -0.2) is 9.97 Å². The van der Waals surface area contributed by atoms with E-state index in [4.69, 9.17) is 5.73 Å². The van der Waals surface area contributed by atoms with Crippen LogP contribution in [0.1, 0.15) is 24.1 Å².